The first-order valence-corrected chi connectivity index (χ1v) is 6.15. The minimum absolute atomic E-state index is 0.330. The zero-order chi connectivity index (χ0) is 16.2. The van der Waals surface area contributed by atoms with Crippen LogP contribution < -0.4 is 5.32 Å². The normalized spacial score (nSPS) is 12.9. The number of carbonyl (C=O) groups excluding carboxylic acids is 1. The summed E-state index contributed by atoms with van der Waals surface area (Å²) >= 11 is 0. The van der Waals surface area contributed by atoms with Crippen LogP contribution in [0.15, 0.2) is 31.0 Å². The maximum Gasteiger partial charge on any atom is 0.411 e. The molecule has 1 N–H and O–H groups in total. The molecule has 2 rings (SSSR count). The second-order valence-corrected chi connectivity index (χ2v) is 4.30. The third-order valence-electron chi connectivity index (χ3n) is 2.54. The molecule has 22 heavy (non-hydrogen) atoms. The third kappa shape index (κ3) is 4.52. The molecular weight excluding hydrogens is 303 g/mol. The van der Waals surface area contributed by atoms with Crippen LogP contribution in [0.25, 0.3) is 5.82 Å². The van der Waals surface area contributed by atoms with Crippen LogP contribution in [0.2, 0.25) is 0 Å². The Morgan fingerprint density at radius 1 is 1.45 bits per heavy atom. The lowest BCUT2D eigenvalue weighted by Crippen LogP contribution is -2.31. The van der Waals surface area contributed by atoms with E-state index < -0.39 is 24.8 Å². The van der Waals surface area contributed by atoms with Gasteiger partial charge in [0.05, 0.1) is 11.9 Å². The monoisotopic (exact) mass is 315 g/mol. The van der Waals surface area contributed by atoms with Gasteiger partial charge in [-0.3, -0.25) is 4.79 Å². The first-order valence-electron chi connectivity index (χ1n) is 6.15. The predicted octanol–water partition coefficient (Wildman–Crippen LogP) is 1.57. The Hall–Kier alpha value is -2.49. The largest absolute Gasteiger partial charge is 0.411 e. The van der Waals surface area contributed by atoms with Crippen LogP contribution in [0.3, 0.4) is 0 Å². The molecule has 2 aromatic rings. The van der Waals surface area contributed by atoms with Crippen LogP contribution in [0, 0.1) is 0 Å². The summed E-state index contributed by atoms with van der Waals surface area (Å²) in [5.74, 6) is -0.212. The van der Waals surface area contributed by atoms with Gasteiger partial charge in [-0.1, -0.05) is 0 Å². The lowest BCUT2D eigenvalue weighted by atomic mass is 10.3. The van der Waals surface area contributed by atoms with E-state index >= 15 is 0 Å². The van der Waals surface area contributed by atoms with Crippen molar-refractivity contribution in [1.82, 2.24) is 19.7 Å². The fourth-order valence-electron chi connectivity index (χ4n) is 1.46. The Morgan fingerprint density at radius 3 is 2.77 bits per heavy atom. The number of carbonyl (C=O) groups is 1. The fourth-order valence-corrected chi connectivity index (χ4v) is 1.46. The highest BCUT2D eigenvalue weighted by Crippen LogP contribution is 2.16. The molecule has 118 valence electrons. The van der Waals surface area contributed by atoms with Crippen molar-refractivity contribution in [3.63, 3.8) is 0 Å². The van der Waals surface area contributed by atoms with Crippen molar-refractivity contribution < 1.29 is 22.7 Å². The third-order valence-corrected chi connectivity index (χ3v) is 2.54. The molecule has 1 atom stereocenters. The van der Waals surface area contributed by atoms with Crippen LogP contribution in [0.4, 0.5) is 18.9 Å². The molecule has 0 aliphatic rings. The molecule has 1 amide bonds. The average molecular weight is 315 g/mol. The summed E-state index contributed by atoms with van der Waals surface area (Å²) < 4.78 is 41.9. The highest BCUT2D eigenvalue weighted by molar-refractivity contribution is 5.93. The number of halogens is 3. The topological polar surface area (TPSA) is 81.9 Å². The average Bonchev–Trinajstić information content (AvgIpc) is 2.99. The molecule has 2 aromatic heterocycles. The molecule has 2 heterocycles. The first-order chi connectivity index (χ1) is 10.3. The summed E-state index contributed by atoms with van der Waals surface area (Å²) in [6, 6.07) is 3.12. The van der Waals surface area contributed by atoms with Gasteiger partial charge in [0.25, 0.3) is 5.91 Å². The molecule has 0 spiro atoms. The number of anilines is 1. The molecule has 0 fully saturated rings. The van der Waals surface area contributed by atoms with E-state index in [1.54, 1.807) is 12.1 Å². The molecule has 0 aliphatic heterocycles. The van der Waals surface area contributed by atoms with Gasteiger partial charge in [-0.15, -0.1) is 0 Å². The van der Waals surface area contributed by atoms with Gasteiger partial charge in [0, 0.05) is 0 Å². The molecule has 0 saturated carbocycles. The second kappa shape index (κ2) is 6.52. The summed E-state index contributed by atoms with van der Waals surface area (Å²) in [5, 5.41) is 6.29. The Kier molecular flexibility index (Phi) is 4.71. The van der Waals surface area contributed by atoms with Crippen LogP contribution in [0.5, 0.6) is 0 Å². The van der Waals surface area contributed by atoms with Crippen molar-refractivity contribution >= 4 is 11.6 Å². The number of hydrogen-bond acceptors (Lipinski definition) is 5. The fraction of sp³-hybridized carbons (Fsp3) is 0.333. The van der Waals surface area contributed by atoms with Gasteiger partial charge < -0.3 is 10.1 Å². The Balaban J connectivity index is 1.91. The van der Waals surface area contributed by atoms with Crippen molar-refractivity contribution in [1.29, 1.82) is 0 Å². The number of nitrogens with zero attached hydrogens (tertiary/aromatic N) is 4. The lowest BCUT2D eigenvalue weighted by molar-refractivity contribution is -0.184. The van der Waals surface area contributed by atoms with Crippen molar-refractivity contribution in [2.75, 3.05) is 11.9 Å². The molecule has 10 heteroatoms. The number of hydrogen-bond donors (Lipinski definition) is 1. The van der Waals surface area contributed by atoms with Crippen molar-refractivity contribution in [3.8, 4) is 5.82 Å². The van der Waals surface area contributed by atoms with E-state index in [1.165, 1.54) is 30.5 Å². The molecular formula is C12H12F3N5O2. The van der Waals surface area contributed by atoms with Gasteiger partial charge in [0.2, 0.25) is 0 Å². The number of nitrogens with one attached hydrogen (secondary N) is 1. The van der Waals surface area contributed by atoms with Gasteiger partial charge in [0.15, 0.2) is 5.82 Å². The zero-order valence-electron chi connectivity index (χ0n) is 11.4. The van der Waals surface area contributed by atoms with Crippen LogP contribution >= 0.6 is 0 Å². The summed E-state index contributed by atoms with van der Waals surface area (Å²) in [5.41, 5.74) is 0.330. The summed E-state index contributed by atoms with van der Waals surface area (Å²) in [6.45, 7) is -0.247. The maximum absolute atomic E-state index is 12.0. The van der Waals surface area contributed by atoms with Gasteiger partial charge in [-0.2, -0.15) is 18.3 Å². The molecule has 0 aliphatic carbocycles. The SMILES string of the molecule is C[C@H](OCC(F)(F)F)C(=O)Nc1ccc(-n2cncn2)nc1. The minimum atomic E-state index is -4.48. The van der Waals surface area contributed by atoms with E-state index in [0.717, 1.165) is 0 Å². The number of rotatable bonds is 5. The molecule has 7 nitrogen and oxygen atoms in total. The summed E-state index contributed by atoms with van der Waals surface area (Å²) in [4.78, 5) is 19.5. The van der Waals surface area contributed by atoms with Crippen LogP contribution in [-0.4, -0.2) is 44.5 Å². The number of amides is 1. The Morgan fingerprint density at radius 2 is 2.23 bits per heavy atom. The quantitative estimate of drug-likeness (QED) is 0.905. The Bertz CT molecular complexity index is 613. The number of pyridine rings is 1. The van der Waals surface area contributed by atoms with Gasteiger partial charge in [-0.05, 0) is 19.1 Å². The van der Waals surface area contributed by atoms with E-state index in [4.69, 9.17) is 0 Å². The molecule has 0 unspecified atom stereocenters. The van der Waals surface area contributed by atoms with E-state index in [2.05, 4.69) is 25.1 Å². The second-order valence-electron chi connectivity index (χ2n) is 4.30. The molecule has 0 radical (unpaired) electrons. The number of ether oxygens (including phenoxy) is 1. The van der Waals surface area contributed by atoms with Crippen molar-refractivity contribution in [2.24, 2.45) is 0 Å². The van der Waals surface area contributed by atoms with E-state index in [0.29, 0.717) is 11.5 Å². The lowest BCUT2D eigenvalue weighted by Gasteiger charge is -2.14. The highest BCUT2D eigenvalue weighted by atomic mass is 19.4. The van der Waals surface area contributed by atoms with Gasteiger partial charge in [0.1, 0.15) is 25.4 Å². The zero-order valence-corrected chi connectivity index (χ0v) is 11.4. The van der Waals surface area contributed by atoms with Crippen molar-refractivity contribution in [3.05, 3.63) is 31.0 Å². The first kappa shape index (κ1) is 15.9. The summed E-state index contributed by atoms with van der Waals surface area (Å²) in [7, 11) is 0. The minimum Gasteiger partial charge on any atom is -0.359 e. The standard InChI is InChI=1S/C12H12F3N5O2/c1-8(22-5-12(13,14)15)11(21)19-9-2-3-10(17-4-9)20-7-16-6-18-20/h2-4,6-8H,5H2,1H3,(H,19,21)/t8-/m0/s1. The Labute approximate surface area is 123 Å². The van der Waals surface area contributed by atoms with Crippen LogP contribution in [0.1, 0.15) is 6.92 Å². The predicted molar refractivity (Wildman–Crippen MR) is 69.3 cm³/mol. The smallest absolute Gasteiger partial charge is 0.359 e. The maximum atomic E-state index is 12.0. The van der Waals surface area contributed by atoms with E-state index in [1.807, 2.05) is 0 Å². The summed E-state index contributed by atoms with van der Waals surface area (Å²) in [6.07, 6.45) is -1.57. The molecule has 0 bridgehead atoms. The van der Waals surface area contributed by atoms with Gasteiger partial charge >= 0.3 is 6.18 Å². The molecule has 0 aromatic carbocycles. The van der Waals surface area contributed by atoms with Gasteiger partial charge in [-0.25, -0.2) is 14.6 Å². The number of aromatic nitrogens is 4. The van der Waals surface area contributed by atoms with E-state index in [-0.39, 0.29) is 0 Å². The van der Waals surface area contributed by atoms with Crippen molar-refractivity contribution in [2.45, 2.75) is 19.2 Å². The number of alkyl halides is 3. The highest BCUT2D eigenvalue weighted by Gasteiger charge is 2.29. The molecule has 0 saturated heterocycles. The van der Waals surface area contributed by atoms with E-state index in [9.17, 15) is 18.0 Å². The van der Waals surface area contributed by atoms with Crippen LogP contribution in [-0.2, 0) is 9.53 Å².